The second-order valence-electron chi connectivity index (χ2n) is 5.62. The Labute approximate surface area is 124 Å². The lowest BCUT2D eigenvalue weighted by Crippen LogP contribution is -2.31. The van der Waals surface area contributed by atoms with Gasteiger partial charge in [-0.1, -0.05) is 0 Å². The molecule has 1 amide bonds. The first-order valence-electron chi connectivity index (χ1n) is 7.18. The Morgan fingerprint density at radius 1 is 1.05 bits per heavy atom. The van der Waals surface area contributed by atoms with Gasteiger partial charge in [-0.3, -0.25) is 4.79 Å². The van der Waals surface area contributed by atoms with Gasteiger partial charge in [-0.05, 0) is 49.9 Å². The van der Waals surface area contributed by atoms with Gasteiger partial charge in [0.25, 0.3) is 0 Å². The highest BCUT2D eigenvalue weighted by molar-refractivity contribution is 7.89. The molecule has 2 saturated carbocycles. The molecule has 114 valence electrons. The maximum Gasteiger partial charge on any atom is 0.240 e. The van der Waals surface area contributed by atoms with E-state index in [2.05, 4.69) is 15.4 Å². The molecule has 2 aliphatic carbocycles. The van der Waals surface area contributed by atoms with Gasteiger partial charge in [0, 0.05) is 17.8 Å². The first-order valence-corrected chi connectivity index (χ1v) is 8.67. The normalized spacial score (nSPS) is 18.3. The van der Waals surface area contributed by atoms with Gasteiger partial charge in [0.1, 0.15) is 0 Å². The molecule has 1 aromatic rings. The van der Waals surface area contributed by atoms with Crippen molar-refractivity contribution in [3.8, 4) is 0 Å². The number of anilines is 1. The third-order valence-corrected chi connectivity index (χ3v) is 5.00. The van der Waals surface area contributed by atoms with Gasteiger partial charge in [0.05, 0.1) is 11.4 Å². The molecule has 0 bridgehead atoms. The number of hydrogen-bond donors (Lipinski definition) is 3. The van der Waals surface area contributed by atoms with Gasteiger partial charge in [0.15, 0.2) is 0 Å². The summed E-state index contributed by atoms with van der Waals surface area (Å²) in [5.74, 6) is -0.0374. The summed E-state index contributed by atoms with van der Waals surface area (Å²) in [6.45, 7) is 0.197. The van der Waals surface area contributed by atoms with Gasteiger partial charge in [-0.25, -0.2) is 13.1 Å². The van der Waals surface area contributed by atoms with Crippen molar-refractivity contribution in [1.82, 2.24) is 10.0 Å². The molecule has 3 rings (SSSR count). The second kappa shape index (κ2) is 5.65. The van der Waals surface area contributed by atoms with Gasteiger partial charge >= 0.3 is 0 Å². The number of amides is 1. The fourth-order valence-corrected chi connectivity index (χ4v) is 3.23. The van der Waals surface area contributed by atoms with E-state index in [1.807, 2.05) is 0 Å². The molecular weight excluding hydrogens is 290 g/mol. The molecule has 0 heterocycles. The molecule has 21 heavy (non-hydrogen) atoms. The molecule has 0 atom stereocenters. The van der Waals surface area contributed by atoms with Crippen molar-refractivity contribution >= 4 is 21.6 Å². The van der Waals surface area contributed by atoms with Crippen LogP contribution in [-0.4, -0.2) is 33.0 Å². The van der Waals surface area contributed by atoms with Crippen LogP contribution in [-0.2, 0) is 14.8 Å². The van der Waals surface area contributed by atoms with E-state index in [1.54, 1.807) is 24.3 Å². The van der Waals surface area contributed by atoms with E-state index in [9.17, 15) is 13.2 Å². The summed E-state index contributed by atoms with van der Waals surface area (Å²) in [6, 6.07) is 6.88. The number of benzene rings is 1. The summed E-state index contributed by atoms with van der Waals surface area (Å²) < 4.78 is 26.6. The molecule has 2 aliphatic rings. The van der Waals surface area contributed by atoms with Crippen molar-refractivity contribution < 1.29 is 13.2 Å². The van der Waals surface area contributed by atoms with Gasteiger partial charge in [-0.15, -0.1) is 0 Å². The lowest BCUT2D eigenvalue weighted by molar-refractivity contribution is -0.119. The first kappa shape index (κ1) is 14.3. The maximum absolute atomic E-state index is 12.0. The number of carbonyl (C=O) groups is 1. The standard InChI is InChI=1S/C14H19N3O3S/c18-14(16-11-1-2-11)9-15-10-5-7-13(8-6-10)21(19,20)17-12-3-4-12/h5-8,11-12,15,17H,1-4,9H2,(H,16,18). The highest BCUT2D eigenvalue weighted by Gasteiger charge is 2.27. The lowest BCUT2D eigenvalue weighted by Gasteiger charge is -2.09. The molecule has 2 fully saturated rings. The smallest absolute Gasteiger partial charge is 0.240 e. The van der Waals surface area contributed by atoms with Crippen LogP contribution in [0.25, 0.3) is 0 Å². The van der Waals surface area contributed by atoms with Crippen LogP contribution < -0.4 is 15.4 Å². The fraction of sp³-hybridized carbons (Fsp3) is 0.500. The van der Waals surface area contributed by atoms with Crippen molar-refractivity contribution in [3.05, 3.63) is 24.3 Å². The van der Waals surface area contributed by atoms with E-state index < -0.39 is 10.0 Å². The first-order chi connectivity index (χ1) is 10.0. The topological polar surface area (TPSA) is 87.3 Å². The molecular formula is C14H19N3O3S. The molecule has 1 aromatic carbocycles. The van der Waals surface area contributed by atoms with E-state index >= 15 is 0 Å². The highest BCUT2D eigenvalue weighted by Crippen LogP contribution is 2.22. The Kier molecular flexibility index (Phi) is 3.86. The van der Waals surface area contributed by atoms with Crippen molar-refractivity contribution in [2.24, 2.45) is 0 Å². The summed E-state index contributed by atoms with van der Waals surface area (Å²) in [7, 11) is -3.41. The molecule has 0 aromatic heterocycles. The molecule has 3 N–H and O–H groups in total. The SMILES string of the molecule is O=C(CNc1ccc(S(=O)(=O)NC2CC2)cc1)NC1CC1. The third-order valence-electron chi connectivity index (χ3n) is 3.46. The van der Waals surface area contributed by atoms with Crippen LogP contribution >= 0.6 is 0 Å². The van der Waals surface area contributed by atoms with E-state index in [4.69, 9.17) is 0 Å². The lowest BCUT2D eigenvalue weighted by atomic mass is 10.3. The van der Waals surface area contributed by atoms with Gasteiger partial charge in [-0.2, -0.15) is 0 Å². The van der Waals surface area contributed by atoms with Crippen LogP contribution in [0.2, 0.25) is 0 Å². The Morgan fingerprint density at radius 3 is 2.24 bits per heavy atom. The second-order valence-corrected chi connectivity index (χ2v) is 7.33. The Morgan fingerprint density at radius 2 is 1.67 bits per heavy atom. The summed E-state index contributed by atoms with van der Waals surface area (Å²) in [5.41, 5.74) is 0.728. The molecule has 0 aliphatic heterocycles. The van der Waals surface area contributed by atoms with Crippen LogP contribution in [0.1, 0.15) is 25.7 Å². The van der Waals surface area contributed by atoms with Crippen LogP contribution in [0, 0.1) is 0 Å². The zero-order chi connectivity index (χ0) is 14.9. The Balaban J connectivity index is 1.54. The monoisotopic (exact) mass is 309 g/mol. The van der Waals surface area contributed by atoms with Crippen molar-refractivity contribution in [2.45, 2.75) is 42.7 Å². The fourth-order valence-electron chi connectivity index (χ4n) is 1.93. The predicted octanol–water partition coefficient (Wildman–Crippen LogP) is 0.818. The van der Waals surface area contributed by atoms with Crippen LogP contribution in [0.5, 0.6) is 0 Å². The number of sulfonamides is 1. The molecule has 6 nitrogen and oxygen atoms in total. The zero-order valence-electron chi connectivity index (χ0n) is 11.6. The van der Waals surface area contributed by atoms with E-state index in [1.165, 1.54) is 0 Å². The zero-order valence-corrected chi connectivity index (χ0v) is 12.4. The molecule has 0 radical (unpaired) electrons. The third kappa shape index (κ3) is 4.18. The summed E-state index contributed by atoms with van der Waals surface area (Å²) in [4.78, 5) is 11.8. The minimum absolute atomic E-state index is 0.0374. The van der Waals surface area contributed by atoms with E-state index in [0.29, 0.717) is 6.04 Å². The van der Waals surface area contributed by atoms with Crippen molar-refractivity contribution in [3.63, 3.8) is 0 Å². The van der Waals surface area contributed by atoms with Crippen molar-refractivity contribution in [1.29, 1.82) is 0 Å². The van der Waals surface area contributed by atoms with Gasteiger partial charge < -0.3 is 10.6 Å². The quantitative estimate of drug-likeness (QED) is 0.696. The molecule has 0 saturated heterocycles. The summed E-state index contributed by atoms with van der Waals surface area (Å²) >= 11 is 0. The number of carbonyl (C=O) groups excluding carboxylic acids is 1. The number of nitrogens with one attached hydrogen (secondary N) is 3. The largest absolute Gasteiger partial charge is 0.376 e. The summed E-state index contributed by atoms with van der Waals surface area (Å²) in [5, 5.41) is 5.86. The average Bonchev–Trinajstić information content (AvgIpc) is 3.34. The Hall–Kier alpha value is -1.60. The van der Waals surface area contributed by atoms with Crippen LogP contribution in [0.15, 0.2) is 29.2 Å². The highest BCUT2D eigenvalue weighted by atomic mass is 32.2. The van der Waals surface area contributed by atoms with Crippen molar-refractivity contribution in [2.75, 3.05) is 11.9 Å². The summed E-state index contributed by atoms with van der Waals surface area (Å²) in [6.07, 6.45) is 3.95. The Bertz CT molecular complexity index is 619. The number of hydrogen-bond acceptors (Lipinski definition) is 4. The minimum atomic E-state index is -3.41. The number of rotatable bonds is 7. The minimum Gasteiger partial charge on any atom is -0.376 e. The molecule has 0 unspecified atom stereocenters. The van der Waals surface area contributed by atoms with E-state index in [-0.39, 0.29) is 23.4 Å². The molecule has 7 heteroatoms. The van der Waals surface area contributed by atoms with Crippen LogP contribution in [0.3, 0.4) is 0 Å². The predicted molar refractivity (Wildman–Crippen MR) is 79.4 cm³/mol. The van der Waals surface area contributed by atoms with Crippen LogP contribution in [0.4, 0.5) is 5.69 Å². The van der Waals surface area contributed by atoms with Gasteiger partial charge in [0.2, 0.25) is 15.9 Å². The molecule has 0 spiro atoms. The average molecular weight is 309 g/mol. The maximum atomic E-state index is 12.0. The van der Waals surface area contributed by atoms with E-state index in [0.717, 1.165) is 31.4 Å².